The maximum absolute atomic E-state index is 13.1. The monoisotopic (exact) mass is 223 g/mol. The molecule has 2 N–H and O–H groups in total. The van der Waals surface area contributed by atoms with Gasteiger partial charge in [0.15, 0.2) is 0 Å². The van der Waals surface area contributed by atoms with Crippen LogP contribution in [-0.4, -0.2) is 6.61 Å². The summed E-state index contributed by atoms with van der Waals surface area (Å²) in [6.07, 6.45) is 5.04. The van der Waals surface area contributed by atoms with Crippen molar-refractivity contribution in [3.05, 3.63) is 29.6 Å². The molecule has 1 aliphatic carbocycles. The topological polar surface area (TPSA) is 35.2 Å². The number of rotatable bonds is 4. The summed E-state index contributed by atoms with van der Waals surface area (Å²) in [5.74, 6) is 0.974. The minimum absolute atomic E-state index is 0.265. The molecular formula is C13H18FNO. The summed E-state index contributed by atoms with van der Waals surface area (Å²) in [7, 11) is 0. The van der Waals surface area contributed by atoms with E-state index in [0.29, 0.717) is 24.8 Å². The highest BCUT2D eigenvalue weighted by molar-refractivity contribution is 5.33. The van der Waals surface area contributed by atoms with Crippen molar-refractivity contribution in [3.63, 3.8) is 0 Å². The standard InChI is InChI=1S/C13H18FNO/c14-12-6-5-11(8-15)13(7-12)16-9-10-3-1-2-4-10/h5-7,10H,1-4,8-9,15H2. The van der Waals surface area contributed by atoms with Crippen LogP contribution in [0.25, 0.3) is 0 Å². The maximum Gasteiger partial charge on any atom is 0.126 e. The zero-order chi connectivity index (χ0) is 11.4. The lowest BCUT2D eigenvalue weighted by Gasteiger charge is -2.14. The van der Waals surface area contributed by atoms with Gasteiger partial charge in [0.05, 0.1) is 6.61 Å². The Morgan fingerprint density at radius 3 is 2.75 bits per heavy atom. The molecule has 0 radical (unpaired) electrons. The molecule has 88 valence electrons. The average molecular weight is 223 g/mol. The Labute approximate surface area is 95.6 Å². The van der Waals surface area contributed by atoms with Crippen molar-refractivity contribution in [1.29, 1.82) is 0 Å². The fourth-order valence-electron chi connectivity index (χ4n) is 2.22. The fraction of sp³-hybridized carbons (Fsp3) is 0.538. The minimum Gasteiger partial charge on any atom is -0.493 e. The first kappa shape index (κ1) is 11.4. The second-order valence-electron chi connectivity index (χ2n) is 4.42. The van der Waals surface area contributed by atoms with Crippen molar-refractivity contribution >= 4 is 0 Å². The summed E-state index contributed by atoms with van der Waals surface area (Å²) >= 11 is 0. The van der Waals surface area contributed by atoms with E-state index in [1.165, 1.54) is 37.8 Å². The lowest BCUT2D eigenvalue weighted by Crippen LogP contribution is -2.10. The van der Waals surface area contributed by atoms with Crippen LogP contribution in [0.3, 0.4) is 0 Å². The van der Waals surface area contributed by atoms with Gasteiger partial charge in [0.1, 0.15) is 11.6 Å². The van der Waals surface area contributed by atoms with E-state index in [1.54, 1.807) is 6.07 Å². The van der Waals surface area contributed by atoms with Crippen LogP contribution < -0.4 is 10.5 Å². The van der Waals surface area contributed by atoms with Gasteiger partial charge in [-0.1, -0.05) is 18.9 Å². The lowest BCUT2D eigenvalue weighted by molar-refractivity contribution is 0.249. The molecule has 1 aromatic rings. The summed E-state index contributed by atoms with van der Waals surface area (Å²) in [6.45, 7) is 1.08. The van der Waals surface area contributed by atoms with Crippen molar-refractivity contribution in [2.45, 2.75) is 32.2 Å². The van der Waals surface area contributed by atoms with Crippen molar-refractivity contribution < 1.29 is 9.13 Å². The Morgan fingerprint density at radius 2 is 2.06 bits per heavy atom. The molecule has 0 aromatic heterocycles. The van der Waals surface area contributed by atoms with Gasteiger partial charge in [-0.15, -0.1) is 0 Å². The molecule has 1 fully saturated rings. The van der Waals surface area contributed by atoms with Gasteiger partial charge in [0, 0.05) is 18.2 Å². The lowest BCUT2D eigenvalue weighted by atomic mass is 10.1. The van der Waals surface area contributed by atoms with Crippen LogP contribution in [0.5, 0.6) is 5.75 Å². The van der Waals surface area contributed by atoms with E-state index < -0.39 is 0 Å². The Hall–Kier alpha value is -1.09. The summed E-state index contributed by atoms with van der Waals surface area (Å²) in [5, 5.41) is 0. The van der Waals surface area contributed by atoms with Crippen LogP contribution >= 0.6 is 0 Å². The van der Waals surface area contributed by atoms with E-state index in [9.17, 15) is 4.39 Å². The van der Waals surface area contributed by atoms with Crippen LogP contribution in [0.1, 0.15) is 31.2 Å². The van der Waals surface area contributed by atoms with Crippen molar-refractivity contribution in [2.75, 3.05) is 6.61 Å². The van der Waals surface area contributed by atoms with Gasteiger partial charge >= 0.3 is 0 Å². The van der Waals surface area contributed by atoms with Gasteiger partial charge in [-0.05, 0) is 24.8 Å². The molecular weight excluding hydrogens is 205 g/mol. The third kappa shape index (κ3) is 2.73. The number of hydrogen-bond acceptors (Lipinski definition) is 2. The molecule has 0 atom stereocenters. The molecule has 0 amide bonds. The summed E-state index contributed by atoms with van der Waals surface area (Å²) in [4.78, 5) is 0. The van der Waals surface area contributed by atoms with Crippen LogP contribution in [0.4, 0.5) is 4.39 Å². The minimum atomic E-state index is -0.265. The first-order valence-electron chi connectivity index (χ1n) is 5.91. The van der Waals surface area contributed by atoms with Crippen LogP contribution in [-0.2, 0) is 6.54 Å². The number of hydrogen-bond donors (Lipinski definition) is 1. The van der Waals surface area contributed by atoms with Gasteiger partial charge in [0.2, 0.25) is 0 Å². The molecule has 3 heteroatoms. The third-order valence-electron chi connectivity index (χ3n) is 3.20. The van der Waals surface area contributed by atoms with Gasteiger partial charge in [-0.2, -0.15) is 0 Å². The Morgan fingerprint density at radius 1 is 1.31 bits per heavy atom. The van der Waals surface area contributed by atoms with E-state index in [1.807, 2.05) is 0 Å². The maximum atomic E-state index is 13.1. The molecule has 0 unspecified atom stereocenters. The highest BCUT2D eigenvalue weighted by Gasteiger charge is 2.16. The SMILES string of the molecule is NCc1ccc(F)cc1OCC1CCCC1. The summed E-state index contributed by atoms with van der Waals surface area (Å²) in [6, 6.07) is 4.54. The number of ether oxygens (including phenoxy) is 1. The van der Waals surface area contributed by atoms with Gasteiger partial charge in [-0.25, -0.2) is 4.39 Å². The molecule has 1 aromatic carbocycles. The quantitative estimate of drug-likeness (QED) is 0.851. The smallest absolute Gasteiger partial charge is 0.126 e. The molecule has 1 saturated carbocycles. The highest BCUT2D eigenvalue weighted by Crippen LogP contribution is 2.27. The molecule has 2 rings (SSSR count). The van der Waals surface area contributed by atoms with Gasteiger partial charge in [0.25, 0.3) is 0 Å². The normalized spacial score (nSPS) is 16.6. The van der Waals surface area contributed by atoms with Crippen LogP contribution in [0, 0.1) is 11.7 Å². The second-order valence-corrected chi connectivity index (χ2v) is 4.42. The summed E-state index contributed by atoms with van der Waals surface area (Å²) in [5.41, 5.74) is 6.46. The average Bonchev–Trinajstić information content (AvgIpc) is 2.79. The fourth-order valence-corrected chi connectivity index (χ4v) is 2.22. The Kier molecular flexibility index (Phi) is 3.78. The molecule has 0 bridgehead atoms. The summed E-state index contributed by atoms with van der Waals surface area (Å²) < 4.78 is 18.7. The largest absolute Gasteiger partial charge is 0.493 e. The molecule has 1 aliphatic rings. The molecule has 2 nitrogen and oxygen atoms in total. The molecule has 0 spiro atoms. The van der Waals surface area contributed by atoms with E-state index >= 15 is 0 Å². The molecule has 16 heavy (non-hydrogen) atoms. The number of benzene rings is 1. The van der Waals surface area contributed by atoms with E-state index in [-0.39, 0.29) is 5.82 Å². The first-order chi connectivity index (χ1) is 7.79. The van der Waals surface area contributed by atoms with Crippen LogP contribution in [0.15, 0.2) is 18.2 Å². The Balaban J connectivity index is 1.98. The van der Waals surface area contributed by atoms with Crippen molar-refractivity contribution in [3.8, 4) is 5.75 Å². The molecule has 0 aliphatic heterocycles. The van der Waals surface area contributed by atoms with E-state index in [0.717, 1.165) is 5.56 Å². The number of halogens is 1. The molecule has 0 heterocycles. The molecule has 0 saturated heterocycles. The zero-order valence-corrected chi connectivity index (χ0v) is 9.42. The highest BCUT2D eigenvalue weighted by atomic mass is 19.1. The van der Waals surface area contributed by atoms with Crippen molar-refractivity contribution in [1.82, 2.24) is 0 Å². The Bertz CT molecular complexity index is 348. The second kappa shape index (κ2) is 5.30. The number of nitrogens with two attached hydrogens (primary N) is 1. The van der Waals surface area contributed by atoms with Gasteiger partial charge in [-0.3, -0.25) is 0 Å². The van der Waals surface area contributed by atoms with Crippen molar-refractivity contribution in [2.24, 2.45) is 11.7 Å². The predicted molar refractivity (Wildman–Crippen MR) is 61.7 cm³/mol. The van der Waals surface area contributed by atoms with Crippen LogP contribution in [0.2, 0.25) is 0 Å². The third-order valence-corrected chi connectivity index (χ3v) is 3.20. The zero-order valence-electron chi connectivity index (χ0n) is 9.42. The van der Waals surface area contributed by atoms with Gasteiger partial charge < -0.3 is 10.5 Å². The van der Waals surface area contributed by atoms with E-state index in [4.69, 9.17) is 10.5 Å². The van der Waals surface area contributed by atoms with E-state index in [2.05, 4.69) is 0 Å². The first-order valence-corrected chi connectivity index (χ1v) is 5.91. The predicted octanol–water partition coefficient (Wildman–Crippen LogP) is 2.85.